The number of sulfonamides is 1. The minimum absolute atomic E-state index is 0.152. The molecule has 0 radical (unpaired) electrons. The fraction of sp³-hybridized carbons (Fsp3) is 0.409. The first-order chi connectivity index (χ1) is 14.4. The summed E-state index contributed by atoms with van der Waals surface area (Å²) in [6.45, 7) is 6.07. The molecule has 2 unspecified atom stereocenters. The molecule has 2 fully saturated rings. The molecule has 2 aliphatic rings. The van der Waals surface area contributed by atoms with Crippen LogP contribution in [0.25, 0.3) is 0 Å². The Labute approximate surface area is 177 Å². The van der Waals surface area contributed by atoms with Crippen molar-refractivity contribution in [3.8, 4) is 0 Å². The van der Waals surface area contributed by atoms with E-state index < -0.39 is 16.2 Å². The van der Waals surface area contributed by atoms with Gasteiger partial charge in [-0.15, -0.1) is 0 Å². The van der Waals surface area contributed by atoms with Gasteiger partial charge in [0.25, 0.3) is 0 Å². The highest BCUT2D eigenvalue weighted by atomic mass is 32.2. The zero-order valence-electron chi connectivity index (χ0n) is 17.3. The van der Waals surface area contributed by atoms with Crippen molar-refractivity contribution in [2.45, 2.75) is 31.0 Å². The second-order valence-corrected chi connectivity index (χ2v) is 9.70. The first-order valence-corrected chi connectivity index (χ1v) is 11.6. The molecular formula is C22H27N3O4S. The van der Waals surface area contributed by atoms with Crippen LogP contribution in [-0.2, 0) is 14.8 Å². The number of hydrogen-bond acceptors (Lipinski definition) is 4. The molecule has 4 rings (SSSR count). The predicted octanol–water partition coefficient (Wildman–Crippen LogP) is 2.84. The van der Waals surface area contributed by atoms with Crippen LogP contribution in [0.15, 0.2) is 59.5 Å². The molecule has 0 saturated carbocycles. The molecule has 30 heavy (non-hydrogen) atoms. The van der Waals surface area contributed by atoms with E-state index in [1.165, 1.54) is 4.31 Å². The van der Waals surface area contributed by atoms with Crippen molar-refractivity contribution in [3.05, 3.63) is 65.7 Å². The molecule has 2 aromatic carbocycles. The van der Waals surface area contributed by atoms with Gasteiger partial charge in [-0.1, -0.05) is 48.0 Å². The molecule has 2 atom stereocenters. The number of amides is 2. The van der Waals surface area contributed by atoms with Crippen LogP contribution in [0.5, 0.6) is 0 Å². The number of benzene rings is 2. The first kappa shape index (κ1) is 20.8. The number of carbonyl (C=O) groups excluding carboxylic acids is 1. The maximum absolute atomic E-state index is 13.6. The molecule has 0 N–H and O–H groups in total. The van der Waals surface area contributed by atoms with E-state index in [1.54, 1.807) is 34.1 Å². The number of carbonyl (C=O) groups is 1. The normalized spacial score (nSPS) is 23.0. The Morgan fingerprint density at radius 2 is 1.63 bits per heavy atom. The molecule has 7 nitrogen and oxygen atoms in total. The lowest BCUT2D eigenvalue weighted by Crippen LogP contribution is -2.50. The Kier molecular flexibility index (Phi) is 5.81. The van der Waals surface area contributed by atoms with E-state index in [2.05, 4.69) is 0 Å². The third-order valence-electron chi connectivity index (χ3n) is 5.68. The Morgan fingerprint density at radius 1 is 1.00 bits per heavy atom. The van der Waals surface area contributed by atoms with E-state index in [0.717, 1.165) is 11.1 Å². The molecule has 2 saturated heterocycles. The van der Waals surface area contributed by atoms with Crippen molar-refractivity contribution in [1.29, 1.82) is 0 Å². The third kappa shape index (κ3) is 3.82. The summed E-state index contributed by atoms with van der Waals surface area (Å²) in [5.41, 5.74) is 1.77. The Hall–Kier alpha value is -2.42. The fourth-order valence-electron chi connectivity index (χ4n) is 4.07. The van der Waals surface area contributed by atoms with Gasteiger partial charge < -0.3 is 9.64 Å². The van der Waals surface area contributed by atoms with E-state index in [0.29, 0.717) is 26.3 Å². The van der Waals surface area contributed by atoms with Crippen molar-refractivity contribution in [2.75, 3.05) is 32.8 Å². The minimum atomic E-state index is -3.79. The molecule has 2 heterocycles. The number of urea groups is 1. The van der Waals surface area contributed by atoms with E-state index >= 15 is 0 Å². The topological polar surface area (TPSA) is 70.2 Å². The Bertz CT molecular complexity index is 989. The van der Waals surface area contributed by atoms with Gasteiger partial charge in [0, 0.05) is 25.7 Å². The van der Waals surface area contributed by atoms with Crippen LogP contribution >= 0.6 is 0 Å². The highest BCUT2D eigenvalue weighted by Crippen LogP contribution is 2.38. The Balaban J connectivity index is 1.75. The predicted molar refractivity (Wildman–Crippen MR) is 113 cm³/mol. The van der Waals surface area contributed by atoms with Crippen molar-refractivity contribution in [3.63, 3.8) is 0 Å². The number of ether oxygens (including phenoxy) is 1. The summed E-state index contributed by atoms with van der Waals surface area (Å²) in [6, 6.07) is 15.8. The quantitative estimate of drug-likeness (QED) is 0.752. The summed E-state index contributed by atoms with van der Waals surface area (Å²) >= 11 is 0. The van der Waals surface area contributed by atoms with Crippen LogP contribution in [0.1, 0.15) is 24.2 Å². The lowest BCUT2D eigenvalue weighted by atomic mass is 10.1. The standard InChI is InChI=1S/C22H27N3O4S/c1-17-8-10-20(11-9-17)30(27,28)24-16-18(2)25(21(24)19-6-4-3-5-7-19)22(26)23-12-14-29-15-13-23/h3-11,18,21H,12-16H2,1-2H3. The van der Waals surface area contributed by atoms with Gasteiger partial charge >= 0.3 is 6.03 Å². The zero-order valence-corrected chi connectivity index (χ0v) is 18.1. The summed E-state index contributed by atoms with van der Waals surface area (Å²) in [4.78, 5) is 17.1. The zero-order chi connectivity index (χ0) is 21.3. The summed E-state index contributed by atoms with van der Waals surface area (Å²) in [6.07, 6.45) is -0.692. The van der Waals surface area contributed by atoms with Gasteiger partial charge in [0.15, 0.2) is 0 Å². The SMILES string of the molecule is Cc1ccc(S(=O)(=O)N2CC(C)N(C(=O)N3CCOCC3)C2c2ccccc2)cc1. The van der Waals surface area contributed by atoms with Gasteiger partial charge in [-0.05, 0) is 31.5 Å². The minimum Gasteiger partial charge on any atom is -0.378 e. The maximum atomic E-state index is 13.6. The highest BCUT2D eigenvalue weighted by molar-refractivity contribution is 7.89. The Morgan fingerprint density at radius 3 is 2.27 bits per heavy atom. The van der Waals surface area contributed by atoms with Gasteiger partial charge in [-0.25, -0.2) is 13.2 Å². The van der Waals surface area contributed by atoms with Crippen molar-refractivity contribution in [2.24, 2.45) is 0 Å². The van der Waals surface area contributed by atoms with Gasteiger partial charge in [0.1, 0.15) is 6.17 Å². The molecule has 0 spiro atoms. The number of rotatable bonds is 3. The lowest BCUT2D eigenvalue weighted by Gasteiger charge is -2.36. The molecule has 160 valence electrons. The van der Waals surface area contributed by atoms with Crippen LogP contribution in [0.2, 0.25) is 0 Å². The van der Waals surface area contributed by atoms with Crippen molar-refractivity contribution in [1.82, 2.24) is 14.1 Å². The van der Waals surface area contributed by atoms with Crippen molar-refractivity contribution >= 4 is 16.1 Å². The van der Waals surface area contributed by atoms with Gasteiger partial charge in [0.2, 0.25) is 10.0 Å². The maximum Gasteiger partial charge on any atom is 0.322 e. The van der Waals surface area contributed by atoms with E-state index in [9.17, 15) is 13.2 Å². The van der Waals surface area contributed by atoms with E-state index in [-0.39, 0.29) is 23.5 Å². The summed E-state index contributed by atoms with van der Waals surface area (Å²) in [5, 5.41) is 0. The van der Waals surface area contributed by atoms with Gasteiger partial charge in [-0.2, -0.15) is 4.31 Å². The van der Waals surface area contributed by atoms with Gasteiger partial charge in [0.05, 0.1) is 18.1 Å². The molecule has 8 heteroatoms. The molecule has 0 aliphatic carbocycles. The third-order valence-corrected chi connectivity index (χ3v) is 7.52. The van der Waals surface area contributed by atoms with Crippen LogP contribution in [0.3, 0.4) is 0 Å². The smallest absolute Gasteiger partial charge is 0.322 e. The van der Waals surface area contributed by atoms with Crippen molar-refractivity contribution < 1.29 is 17.9 Å². The summed E-state index contributed by atoms with van der Waals surface area (Å²) in [5.74, 6) is 0. The average Bonchev–Trinajstić information content (AvgIpc) is 3.12. The summed E-state index contributed by atoms with van der Waals surface area (Å²) < 4.78 is 34.0. The van der Waals surface area contributed by atoms with E-state index in [1.807, 2.05) is 44.2 Å². The first-order valence-electron chi connectivity index (χ1n) is 10.2. The number of nitrogens with zero attached hydrogens (tertiary/aromatic N) is 3. The molecular weight excluding hydrogens is 402 g/mol. The highest BCUT2D eigenvalue weighted by Gasteiger charge is 2.48. The largest absolute Gasteiger partial charge is 0.378 e. The van der Waals surface area contributed by atoms with Crippen LogP contribution in [0, 0.1) is 6.92 Å². The number of morpholine rings is 1. The number of hydrogen-bond donors (Lipinski definition) is 0. The van der Waals surface area contributed by atoms with Crippen LogP contribution in [-0.4, -0.2) is 67.4 Å². The molecule has 0 bridgehead atoms. The lowest BCUT2D eigenvalue weighted by molar-refractivity contribution is 0.0369. The molecule has 2 amide bonds. The fourth-order valence-corrected chi connectivity index (χ4v) is 5.72. The van der Waals surface area contributed by atoms with Gasteiger partial charge in [-0.3, -0.25) is 4.90 Å². The number of aryl methyl sites for hydroxylation is 1. The molecule has 2 aliphatic heterocycles. The second kappa shape index (κ2) is 8.37. The van der Waals surface area contributed by atoms with E-state index in [4.69, 9.17) is 4.74 Å². The molecule has 0 aromatic heterocycles. The molecule has 2 aromatic rings. The van der Waals surface area contributed by atoms with Crippen LogP contribution < -0.4 is 0 Å². The monoisotopic (exact) mass is 429 g/mol. The average molecular weight is 430 g/mol. The summed E-state index contributed by atoms with van der Waals surface area (Å²) in [7, 11) is -3.79. The second-order valence-electron chi connectivity index (χ2n) is 7.81. The van der Waals surface area contributed by atoms with Crippen LogP contribution in [0.4, 0.5) is 4.79 Å².